The second-order valence-electron chi connectivity index (χ2n) is 4.98. The van der Waals surface area contributed by atoms with Gasteiger partial charge in [0, 0.05) is 6.61 Å². The van der Waals surface area contributed by atoms with Gasteiger partial charge in [0.05, 0.1) is 13.2 Å². The Labute approximate surface area is 106 Å². The minimum atomic E-state index is -1.01. The number of hydrogen-bond acceptors (Lipinski definition) is 4. The molecule has 0 aromatic rings. The van der Waals surface area contributed by atoms with Gasteiger partial charge < -0.3 is 19.9 Å². The van der Waals surface area contributed by atoms with E-state index in [1.165, 1.54) is 20.0 Å². The first-order valence-electron chi connectivity index (χ1n) is 6.30. The van der Waals surface area contributed by atoms with E-state index >= 15 is 0 Å². The van der Waals surface area contributed by atoms with Crippen molar-refractivity contribution in [1.29, 1.82) is 0 Å². The highest BCUT2D eigenvalue weighted by Gasteiger charge is 2.40. The van der Waals surface area contributed by atoms with Gasteiger partial charge in [0.25, 0.3) is 0 Å². The van der Waals surface area contributed by atoms with Gasteiger partial charge in [-0.15, -0.1) is 0 Å². The number of carboxylic acid groups (broad SMARTS) is 1. The Bertz CT molecular complexity index is 328. The van der Waals surface area contributed by atoms with Crippen LogP contribution < -0.4 is 5.32 Å². The van der Waals surface area contributed by atoms with Crippen molar-refractivity contribution in [2.24, 2.45) is 11.8 Å². The number of carboxylic acids is 1. The summed E-state index contributed by atoms with van der Waals surface area (Å²) >= 11 is 0. The number of nitrogens with one attached hydrogen (secondary N) is 1. The average molecular weight is 257 g/mol. The Morgan fingerprint density at radius 2 is 2.11 bits per heavy atom. The summed E-state index contributed by atoms with van der Waals surface area (Å²) in [6.45, 7) is 0.568. The molecular weight excluding hydrogens is 238 g/mol. The fraction of sp³-hybridized carbons (Fsp3) is 0.833. The van der Waals surface area contributed by atoms with Gasteiger partial charge in [0.15, 0.2) is 0 Å². The van der Waals surface area contributed by atoms with Gasteiger partial charge in [-0.05, 0) is 37.5 Å². The number of hydrogen-bond donors (Lipinski definition) is 2. The fourth-order valence-electron chi connectivity index (χ4n) is 2.52. The van der Waals surface area contributed by atoms with E-state index in [4.69, 9.17) is 4.74 Å². The summed E-state index contributed by atoms with van der Waals surface area (Å²) in [5, 5.41) is 11.6. The van der Waals surface area contributed by atoms with Gasteiger partial charge in [0.1, 0.15) is 6.04 Å². The van der Waals surface area contributed by atoms with E-state index in [1.54, 1.807) is 0 Å². The van der Waals surface area contributed by atoms with E-state index in [9.17, 15) is 14.7 Å². The van der Waals surface area contributed by atoms with Crippen LogP contribution in [0.25, 0.3) is 0 Å². The van der Waals surface area contributed by atoms with Crippen LogP contribution in [-0.4, -0.2) is 43.0 Å². The van der Waals surface area contributed by atoms with Crippen LogP contribution >= 0.6 is 0 Å². The average Bonchev–Trinajstić information content (AvgIpc) is 3.19. The molecule has 1 aliphatic carbocycles. The van der Waals surface area contributed by atoms with Crippen molar-refractivity contribution in [2.75, 3.05) is 13.7 Å². The molecule has 6 nitrogen and oxygen atoms in total. The van der Waals surface area contributed by atoms with Crippen molar-refractivity contribution in [1.82, 2.24) is 5.32 Å². The molecule has 18 heavy (non-hydrogen) atoms. The third-order valence-corrected chi connectivity index (χ3v) is 3.70. The second-order valence-corrected chi connectivity index (χ2v) is 4.98. The zero-order valence-corrected chi connectivity index (χ0v) is 10.4. The maximum Gasteiger partial charge on any atom is 0.407 e. The largest absolute Gasteiger partial charge is 0.480 e. The first-order valence-corrected chi connectivity index (χ1v) is 6.30. The van der Waals surface area contributed by atoms with Crippen LogP contribution in [0.2, 0.25) is 0 Å². The lowest BCUT2D eigenvalue weighted by Gasteiger charge is -2.33. The smallest absolute Gasteiger partial charge is 0.407 e. The molecular formula is C12H19NO5. The fourth-order valence-corrected chi connectivity index (χ4v) is 2.52. The molecule has 2 aliphatic rings. The molecule has 2 rings (SSSR count). The van der Waals surface area contributed by atoms with Gasteiger partial charge in [-0.3, -0.25) is 0 Å². The van der Waals surface area contributed by atoms with Crippen molar-refractivity contribution in [3.63, 3.8) is 0 Å². The predicted molar refractivity (Wildman–Crippen MR) is 62.2 cm³/mol. The summed E-state index contributed by atoms with van der Waals surface area (Å²) in [6, 6.07) is -0.886. The molecule has 0 spiro atoms. The van der Waals surface area contributed by atoms with Crippen LogP contribution in [0.15, 0.2) is 0 Å². The topological polar surface area (TPSA) is 84.9 Å². The summed E-state index contributed by atoms with van der Waals surface area (Å²) in [5.41, 5.74) is 0. The quantitative estimate of drug-likeness (QED) is 0.784. The maximum absolute atomic E-state index is 11.2. The molecule has 1 saturated carbocycles. The van der Waals surface area contributed by atoms with Crippen LogP contribution in [0.5, 0.6) is 0 Å². The lowest BCUT2D eigenvalue weighted by molar-refractivity contribution is -0.142. The van der Waals surface area contributed by atoms with Crippen molar-refractivity contribution in [3.8, 4) is 0 Å². The van der Waals surface area contributed by atoms with Gasteiger partial charge in [-0.25, -0.2) is 9.59 Å². The highest BCUT2D eigenvalue weighted by Crippen LogP contribution is 2.40. The lowest BCUT2D eigenvalue weighted by Crippen LogP contribution is -2.48. The number of aliphatic carboxylic acids is 1. The SMILES string of the molecule is COC(=O)N[C@H](C(=O)O)[C@@H]1CCO[C@@H](C2CC2)C1. The summed E-state index contributed by atoms with van der Waals surface area (Å²) in [4.78, 5) is 22.4. The zero-order valence-electron chi connectivity index (χ0n) is 10.4. The molecule has 1 aliphatic heterocycles. The summed E-state index contributed by atoms with van der Waals surface area (Å²) in [5.74, 6) is -0.511. The molecule has 3 atom stereocenters. The van der Waals surface area contributed by atoms with Crippen LogP contribution in [0, 0.1) is 11.8 Å². The van der Waals surface area contributed by atoms with Gasteiger partial charge >= 0.3 is 12.1 Å². The highest BCUT2D eigenvalue weighted by molar-refractivity contribution is 5.80. The first kappa shape index (κ1) is 13.1. The number of amides is 1. The van der Waals surface area contributed by atoms with Gasteiger partial charge in [-0.1, -0.05) is 0 Å². The van der Waals surface area contributed by atoms with Crippen LogP contribution in [0.1, 0.15) is 25.7 Å². The normalized spacial score (nSPS) is 29.4. The van der Waals surface area contributed by atoms with Crippen molar-refractivity contribution < 1.29 is 24.2 Å². The molecule has 2 N–H and O–H groups in total. The molecule has 1 heterocycles. The highest BCUT2D eigenvalue weighted by atomic mass is 16.5. The second kappa shape index (κ2) is 5.56. The van der Waals surface area contributed by atoms with Crippen molar-refractivity contribution in [2.45, 2.75) is 37.8 Å². The molecule has 0 aromatic heterocycles. The number of carbonyl (C=O) groups excluding carboxylic acids is 1. The minimum Gasteiger partial charge on any atom is -0.480 e. The van der Waals surface area contributed by atoms with E-state index < -0.39 is 18.1 Å². The van der Waals surface area contributed by atoms with E-state index in [0.717, 1.165) is 0 Å². The third-order valence-electron chi connectivity index (χ3n) is 3.70. The Kier molecular flexibility index (Phi) is 4.06. The number of carbonyl (C=O) groups is 2. The van der Waals surface area contributed by atoms with Crippen molar-refractivity contribution >= 4 is 12.1 Å². The Hall–Kier alpha value is -1.30. The van der Waals surface area contributed by atoms with Gasteiger partial charge in [-0.2, -0.15) is 0 Å². The summed E-state index contributed by atoms with van der Waals surface area (Å²) in [6.07, 6.45) is 3.15. The maximum atomic E-state index is 11.2. The van der Waals surface area contributed by atoms with Crippen LogP contribution in [0.3, 0.4) is 0 Å². The number of alkyl carbamates (subject to hydrolysis) is 1. The zero-order chi connectivity index (χ0) is 13.1. The minimum absolute atomic E-state index is 0.0825. The molecule has 1 amide bonds. The van der Waals surface area contributed by atoms with E-state index in [2.05, 4.69) is 10.1 Å². The summed E-state index contributed by atoms with van der Waals surface area (Å²) < 4.78 is 10.1. The molecule has 6 heteroatoms. The Morgan fingerprint density at radius 3 is 2.67 bits per heavy atom. The number of rotatable bonds is 4. The molecule has 2 fully saturated rings. The van der Waals surface area contributed by atoms with Gasteiger partial charge in [0.2, 0.25) is 0 Å². The molecule has 0 radical (unpaired) electrons. The number of methoxy groups -OCH3 is 1. The van der Waals surface area contributed by atoms with E-state index in [1.807, 2.05) is 0 Å². The lowest BCUT2D eigenvalue weighted by atomic mass is 9.87. The van der Waals surface area contributed by atoms with Crippen molar-refractivity contribution in [3.05, 3.63) is 0 Å². The molecule has 0 bridgehead atoms. The monoisotopic (exact) mass is 257 g/mol. The molecule has 0 aromatic carbocycles. The Balaban J connectivity index is 1.95. The standard InChI is InChI=1S/C12H19NO5/c1-17-12(16)13-10(11(14)15)8-4-5-18-9(6-8)7-2-3-7/h7-10H,2-6H2,1H3,(H,13,16)(H,14,15)/t8-,9-,10+/m1/s1. The third kappa shape index (κ3) is 3.13. The molecule has 0 unspecified atom stereocenters. The van der Waals surface area contributed by atoms with Crippen LogP contribution in [-0.2, 0) is 14.3 Å². The molecule has 102 valence electrons. The predicted octanol–water partition coefficient (Wildman–Crippen LogP) is 1.00. The number of ether oxygens (including phenoxy) is 2. The molecule has 1 saturated heterocycles. The van der Waals surface area contributed by atoms with E-state index in [-0.39, 0.29) is 12.0 Å². The first-order chi connectivity index (χ1) is 8.61. The Morgan fingerprint density at radius 1 is 1.39 bits per heavy atom. The van der Waals surface area contributed by atoms with E-state index in [0.29, 0.717) is 25.4 Å². The van der Waals surface area contributed by atoms with Crippen LogP contribution in [0.4, 0.5) is 4.79 Å². The summed E-state index contributed by atoms with van der Waals surface area (Å²) in [7, 11) is 1.23.